The van der Waals surface area contributed by atoms with Gasteiger partial charge in [-0.3, -0.25) is 0 Å². The Bertz CT molecular complexity index is 264. The van der Waals surface area contributed by atoms with Crippen molar-refractivity contribution in [2.24, 2.45) is 5.73 Å². The lowest BCUT2D eigenvalue weighted by Gasteiger charge is -2.03. The highest BCUT2D eigenvalue weighted by Gasteiger charge is 1.96. The molecule has 0 aliphatic rings. The lowest BCUT2D eigenvalue weighted by Crippen LogP contribution is -2.04. The summed E-state index contributed by atoms with van der Waals surface area (Å²) < 4.78 is 0. The molecule has 0 spiro atoms. The van der Waals surface area contributed by atoms with E-state index in [1.54, 1.807) is 0 Å². The summed E-state index contributed by atoms with van der Waals surface area (Å²) >= 11 is 0. The first-order valence-electron chi connectivity index (χ1n) is 3.56. The van der Waals surface area contributed by atoms with Gasteiger partial charge in [0, 0.05) is 11.6 Å². The van der Waals surface area contributed by atoms with Gasteiger partial charge in [-0.15, -0.1) is 6.42 Å². The molecule has 2 N–H and O–H groups in total. The molecule has 1 rings (SSSR count). The number of hydrogen-bond donors (Lipinski definition) is 1. The SMILES string of the molecule is C#Cc1ccc(C(C)N)cc1. The quantitative estimate of drug-likeness (QED) is 0.598. The Morgan fingerprint density at radius 3 is 2.27 bits per heavy atom. The molecule has 0 amide bonds. The third-order valence-corrected chi connectivity index (χ3v) is 1.60. The Morgan fingerprint density at radius 1 is 1.36 bits per heavy atom. The molecular formula is C10H11N. The van der Waals surface area contributed by atoms with E-state index in [2.05, 4.69) is 5.92 Å². The lowest BCUT2D eigenvalue weighted by atomic mass is 10.1. The van der Waals surface area contributed by atoms with E-state index in [0.29, 0.717) is 0 Å². The molecule has 1 nitrogen and oxygen atoms in total. The predicted molar refractivity (Wildman–Crippen MR) is 47.0 cm³/mol. The standard InChI is InChI=1S/C10H11N/c1-3-9-4-6-10(7-5-9)8(2)11/h1,4-8H,11H2,2H3. The maximum Gasteiger partial charge on any atom is 0.0266 e. The summed E-state index contributed by atoms with van der Waals surface area (Å²) in [5.74, 6) is 2.55. The highest BCUT2D eigenvalue weighted by atomic mass is 14.6. The van der Waals surface area contributed by atoms with Crippen molar-refractivity contribution in [3.63, 3.8) is 0 Å². The second-order valence-electron chi connectivity index (χ2n) is 2.56. The Balaban J connectivity index is 2.94. The minimum Gasteiger partial charge on any atom is -0.324 e. The molecule has 56 valence electrons. The van der Waals surface area contributed by atoms with Crippen LogP contribution in [0.1, 0.15) is 24.1 Å². The number of hydrogen-bond acceptors (Lipinski definition) is 1. The Morgan fingerprint density at radius 2 is 1.91 bits per heavy atom. The molecule has 0 radical (unpaired) electrons. The van der Waals surface area contributed by atoms with Crippen molar-refractivity contribution < 1.29 is 0 Å². The van der Waals surface area contributed by atoms with Crippen molar-refractivity contribution in [3.8, 4) is 12.3 Å². The molecule has 1 aromatic rings. The molecule has 1 unspecified atom stereocenters. The normalized spacial score (nSPS) is 12.1. The molecular weight excluding hydrogens is 134 g/mol. The average Bonchev–Trinajstić information content (AvgIpc) is 2.05. The molecule has 1 atom stereocenters. The fourth-order valence-electron chi connectivity index (χ4n) is 0.883. The van der Waals surface area contributed by atoms with Crippen molar-refractivity contribution in [2.75, 3.05) is 0 Å². The molecule has 1 aromatic carbocycles. The monoisotopic (exact) mass is 145 g/mol. The van der Waals surface area contributed by atoms with Crippen LogP contribution in [0.15, 0.2) is 24.3 Å². The van der Waals surface area contributed by atoms with E-state index in [-0.39, 0.29) is 6.04 Å². The van der Waals surface area contributed by atoms with E-state index in [4.69, 9.17) is 12.2 Å². The van der Waals surface area contributed by atoms with E-state index in [0.717, 1.165) is 11.1 Å². The second-order valence-corrected chi connectivity index (χ2v) is 2.56. The number of nitrogens with two attached hydrogens (primary N) is 1. The van der Waals surface area contributed by atoms with Crippen molar-refractivity contribution in [1.82, 2.24) is 0 Å². The first-order valence-corrected chi connectivity index (χ1v) is 3.56. The average molecular weight is 145 g/mol. The smallest absolute Gasteiger partial charge is 0.0266 e. The Kier molecular flexibility index (Phi) is 2.30. The zero-order chi connectivity index (χ0) is 8.27. The molecule has 0 aromatic heterocycles. The molecule has 0 heterocycles. The third-order valence-electron chi connectivity index (χ3n) is 1.60. The second kappa shape index (κ2) is 3.23. The van der Waals surface area contributed by atoms with Crippen LogP contribution in [0.25, 0.3) is 0 Å². The van der Waals surface area contributed by atoms with Crippen LogP contribution in [0.4, 0.5) is 0 Å². The van der Waals surface area contributed by atoms with Crippen molar-refractivity contribution >= 4 is 0 Å². The highest BCUT2D eigenvalue weighted by Crippen LogP contribution is 2.09. The molecule has 0 fully saturated rings. The summed E-state index contributed by atoms with van der Waals surface area (Å²) in [7, 11) is 0. The van der Waals surface area contributed by atoms with Gasteiger partial charge in [0.05, 0.1) is 0 Å². The summed E-state index contributed by atoms with van der Waals surface area (Å²) in [6.45, 7) is 1.95. The summed E-state index contributed by atoms with van der Waals surface area (Å²) in [6.07, 6.45) is 5.19. The Labute approximate surface area is 67.2 Å². The van der Waals surface area contributed by atoms with Crippen LogP contribution in [0.5, 0.6) is 0 Å². The van der Waals surface area contributed by atoms with Crippen LogP contribution >= 0.6 is 0 Å². The Hall–Kier alpha value is -1.26. The number of benzene rings is 1. The van der Waals surface area contributed by atoms with Gasteiger partial charge in [0.2, 0.25) is 0 Å². The van der Waals surface area contributed by atoms with Gasteiger partial charge in [0.15, 0.2) is 0 Å². The highest BCUT2D eigenvalue weighted by molar-refractivity contribution is 5.34. The van der Waals surface area contributed by atoms with E-state index >= 15 is 0 Å². The molecule has 1 heteroatoms. The predicted octanol–water partition coefficient (Wildman–Crippen LogP) is 1.69. The first-order chi connectivity index (χ1) is 5.24. The van der Waals surface area contributed by atoms with Crippen LogP contribution in [0.2, 0.25) is 0 Å². The zero-order valence-corrected chi connectivity index (χ0v) is 6.54. The van der Waals surface area contributed by atoms with Gasteiger partial charge in [-0.2, -0.15) is 0 Å². The lowest BCUT2D eigenvalue weighted by molar-refractivity contribution is 0.818. The fraction of sp³-hybridized carbons (Fsp3) is 0.200. The van der Waals surface area contributed by atoms with E-state index in [1.807, 2.05) is 31.2 Å². The molecule has 0 saturated heterocycles. The molecule has 0 bridgehead atoms. The van der Waals surface area contributed by atoms with Gasteiger partial charge in [0.25, 0.3) is 0 Å². The van der Waals surface area contributed by atoms with E-state index < -0.39 is 0 Å². The maximum atomic E-state index is 5.65. The summed E-state index contributed by atoms with van der Waals surface area (Å²) in [6, 6.07) is 7.80. The largest absolute Gasteiger partial charge is 0.324 e. The zero-order valence-electron chi connectivity index (χ0n) is 6.54. The summed E-state index contributed by atoms with van der Waals surface area (Å²) in [5, 5.41) is 0. The summed E-state index contributed by atoms with van der Waals surface area (Å²) in [5.41, 5.74) is 7.67. The summed E-state index contributed by atoms with van der Waals surface area (Å²) in [4.78, 5) is 0. The van der Waals surface area contributed by atoms with Gasteiger partial charge < -0.3 is 5.73 Å². The minimum absolute atomic E-state index is 0.0850. The maximum absolute atomic E-state index is 5.65. The van der Waals surface area contributed by atoms with Crippen LogP contribution in [-0.2, 0) is 0 Å². The van der Waals surface area contributed by atoms with Crippen molar-refractivity contribution in [2.45, 2.75) is 13.0 Å². The minimum atomic E-state index is 0.0850. The topological polar surface area (TPSA) is 26.0 Å². The van der Waals surface area contributed by atoms with Crippen LogP contribution in [0.3, 0.4) is 0 Å². The van der Waals surface area contributed by atoms with E-state index in [1.165, 1.54) is 0 Å². The van der Waals surface area contributed by atoms with Crippen LogP contribution < -0.4 is 5.73 Å². The van der Waals surface area contributed by atoms with Gasteiger partial charge in [-0.05, 0) is 24.6 Å². The molecule has 0 saturated carbocycles. The van der Waals surface area contributed by atoms with Gasteiger partial charge in [0.1, 0.15) is 0 Å². The number of terminal acetylenes is 1. The fourth-order valence-corrected chi connectivity index (χ4v) is 0.883. The van der Waals surface area contributed by atoms with Crippen molar-refractivity contribution in [1.29, 1.82) is 0 Å². The van der Waals surface area contributed by atoms with Crippen LogP contribution in [0, 0.1) is 12.3 Å². The molecule has 0 aliphatic carbocycles. The van der Waals surface area contributed by atoms with Gasteiger partial charge in [-0.1, -0.05) is 18.1 Å². The van der Waals surface area contributed by atoms with E-state index in [9.17, 15) is 0 Å². The number of rotatable bonds is 1. The molecule has 11 heavy (non-hydrogen) atoms. The van der Waals surface area contributed by atoms with Crippen molar-refractivity contribution in [3.05, 3.63) is 35.4 Å². The van der Waals surface area contributed by atoms with Gasteiger partial charge >= 0.3 is 0 Å². The third kappa shape index (κ3) is 1.83. The first kappa shape index (κ1) is 7.84. The van der Waals surface area contributed by atoms with Crippen LogP contribution in [-0.4, -0.2) is 0 Å². The van der Waals surface area contributed by atoms with Gasteiger partial charge in [-0.25, -0.2) is 0 Å². The molecule has 0 aliphatic heterocycles.